The minimum atomic E-state index is -2.43. The summed E-state index contributed by atoms with van der Waals surface area (Å²) < 4.78 is 42.0. The van der Waals surface area contributed by atoms with Gasteiger partial charge in [0.15, 0.2) is 12.1 Å². The van der Waals surface area contributed by atoms with Crippen LogP contribution in [0.2, 0.25) is 0 Å². The Labute approximate surface area is 87.7 Å². The van der Waals surface area contributed by atoms with Crippen molar-refractivity contribution in [3.8, 4) is 0 Å². The van der Waals surface area contributed by atoms with E-state index in [1.54, 1.807) is 13.8 Å². The summed E-state index contributed by atoms with van der Waals surface area (Å²) in [6.07, 6.45) is -3.61. The monoisotopic (exact) mass is 222 g/mol. The first-order chi connectivity index (χ1) is 6.94. The third kappa shape index (κ3) is 1.88. The Balaban J connectivity index is 2.14. The predicted molar refractivity (Wildman–Crippen MR) is 48.5 cm³/mol. The average Bonchev–Trinajstić information content (AvgIpc) is 2.54. The predicted octanol–water partition coefficient (Wildman–Crippen LogP) is 2.15. The molecule has 0 aromatic heterocycles. The number of rotatable bonds is 2. The largest absolute Gasteiger partial charge is 0.346 e. The van der Waals surface area contributed by atoms with E-state index in [2.05, 4.69) is 0 Å². The molecule has 2 fully saturated rings. The van der Waals surface area contributed by atoms with Crippen molar-refractivity contribution < 1.29 is 23.0 Å². The Hall–Kier alpha value is -0.260. The zero-order chi connectivity index (χ0) is 11.2. The molecule has 4 atom stereocenters. The van der Waals surface area contributed by atoms with Gasteiger partial charge in [0.05, 0.1) is 12.0 Å². The van der Waals surface area contributed by atoms with Gasteiger partial charge in [0.1, 0.15) is 6.10 Å². The summed E-state index contributed by atoms with van der Waals surface area (Å²) in [7, 11) is 0. The molecule has 5 heteroatoms. The number of hydrogen-bond acceptors (Lipinski definition) is 3. The molecule has 2 saturated heterocycles. The maximum atomic E-state index is 12.9. The fraction of sp³-hybridized carbons (Fsp3) is 1.00. The molecule has 0 aliphatic carbocycles. The smallest absolute Gasteiger partial charge is 0.246 e. The van der Waals surface area contributed by atoms with Crippen LogP contribution in [0.3, 0.4) is 0 Å². The lowest BCUT2D eigenvalue weighted by Crippen LogP contribution is -2.34. The molecular weight excluding hydrogens is 206 g/mol. The van der Waals surface area contributed by atoms with Crippen LogP contribution in [0.25, 0.3) is 0 Å². The van der Waals surface area contributed by atoms with Gasteiger partial charge in [0.2, 0.25) is 6.43 Å². The lowest BCUT2D eigenvalue weighted by Gasteiger charge is -2.24. The fourth-order valence-electron chi connectivity index (χ4n) is 2.27. The molecule has 0 spiro atoms. The molecule has 15 heavy (non-hydrogen) atoms. The molecule has 0 bridgehead atoms. The van der Waals surface area contributed by atoms with E-state index in [1.807, 2.05) is 6.92 Å². The van der Waals surface area contributed by atoms with Gasteiger partial charge >= 0.3 is 0 Å². The summed E-state index contributed by atoms with van der Waals surface area (Å²) in [4.78, 5) is 0. The van der Waals surface area contributed by atoms with Gasteiger partial charge in [0, 0.05) is 0 Å². The van der Waals surface area contributed by atoms with Gasteiger partial charge in [-0.25, -0.2) is 8.78 Å². The Morgan fingerprint density at radius 1 is 1.27 bits per heavy atom. The van der Waals surface area contributed by atoms with Gasteiger partial charge in [-0.15, -0.1) is 0 Å². The van der Waals surface area contributed by atoms with E-state index in [9.17, 15) is 8.78 Å². The molecule has 0 amide bonds. The molecule has 2 heterocycles. The Bertz CT molecular complexity index is 245. The number of fused-ring (bicyclic) bond motifs is 1. The first-order valence-electron chi connectivity index (χ1n) is 5.24. The zero-order valence-electron chi connectivity index (χ0n) is 9.07. The Morgan fingerprint density at radius 3 is 2.47 bits per heavy atom. The minimum Gasteiger partial charge on any atom is -0.346 e. The third-order valence-corrected chi connectivity index (χ3v) is 2.90. The molecule has 3 nitrogen and oxygen atoms in total. The maximum Gasteiger partial charge on any atom is 0.246 e. The molecule has 2 aliphatic rings. The van der Waals surface area contributed by atoms with E-state index in [4.69, 9.17) is 14.2 Å². The SMILES string of the molecule is CC[C@H]1O[C@@H]2OC(C)(C)O[C@@H]2[C@@H]1C(F)F. The second kappa shape index (κ2) is 3.64. The topological polar surface area (TPSA) is 27.7 Å². The highest BCUT2D eigenvalue weighted by Gasteiger charge is 2.56. The zero-order valence-corrected chi connectivity index (χ0v) is 9.07. The Morgan fingerprint density at radius 2 is 1.93 bits per heavy atom. The molecule has 0 aromatic carbocycles. The standard InChI is InChI=1S/C10H16F2O3/c1-4-5-6(8(11)12)7-9(13-5)15-10(2,3)14-7/h5-9H,4H2,1-3H3/t5-,6-,7-,9-/m1/s1. The summed E-state index contributed by atoms with van der Waals surface area (Å²) in [6.45, 7) is 5.24. The molecular formula is C10H16F2O3. The molecule has 0 saturated carbocycles. The van der Waals surface area contributed by atoms with Gasteiger partial charge in [0.25, 0.3) is 0 Å². The highest BCUT2D eigenvalue weighted by Crippen LogP contribution is 2.43. The van der Waals surface area contributed by atoms with Crippen LogP contribution in [0.4, 0.5) is 8.78 Å². The summed E-state index contributed by atoms with van der Waals surface area (Å²) in [5, 5.41) is 0. The van der Waals surface area contributed by atoms with E-state index in [-0.39, 0.29) is 0 Å². The van der Waals surface area contributed by atoms with Gasteiger partial charge in [-0.05, 0) is 20.3 Å². The molecule has 88 valence electrons. The molecule has 2 aliphatic heterocycles. The summed E-state index contributed by atoms with van der Waals surface area (Å²) in [6, 6.07) is 0. The second-order valence-electron chi connectivity index (χ2n) is 4.46. The van der Waals surface area contributed by atoms with Crippen LogP contribution >= 0.6 is 0 Å². The van der Waals surface area contributed by atoms with E-state index in [0.29, 0.717) is 6.42 Å². The summed E-state index contributed by atoms with van der Waals surface area (Å²) >= 11 is 0. The third-order valence-electron chi connectivity index (χ3n) is 2.90. The van der Waals surface area contributed by atoms with Crippen molar-refractivity contribution in [2.24, 2.45) is 5.92 Å². The summed E-state index contributed by atoms with van der Waals surface area (Å²) in [5.41, 5.74) is 0. The number of ether oxygens (including phenoxy) is 3. The van der Waals surface area contributed by atoms with Crippen molar-refractivity contribution in [2.45, 2.75) is 57.9 Å². The summed E-state index contributed by atoms with van der Waals surface area (Å²) in [5.74, 6) is -1.69. The van der Waals surface area contributed by atoms with Crippen molar-refractivity contribution >= 4 is 0 Å². The average molecular weight is 222 g/mol. The lowest BCUT2D eigenvalue weighted by molar-refractivity contribution is -0.215. The highest BCUT2D eigenvalue weighted by atomic mass is 19.3. The van der Waals surface area contributed by atoms with Crippen molar-refractivity contribution in [3.05, 3.63) is 0 Å². The first-order valence-corrected chi connectivity index (χ1v) is 5.24. The molecule has 0 aromatic rings. The number of hydrogen-bond donors (Lipinski definition) is 0. The molecule has 0 unspecified atom stereocenters. The van der Waals surface area contributed by atoms with Crippen LogP contribution in [0, 0.1) is 5.92 Å². The van der Waals surface area contributed by atoms with Crippen LogP contribution in [0.5, 0.6) is 0 Å². The van der Waals surface area contributed by atoms with Gasteiger partial charge in [-0.1, -0.05) is 6.92 Å². The minimum absolute atomic E-state index is 0.462. The van der Waals surface area contributed by atoms with Crippen LogP contribution in [0.15, 0.2) is 0 Å². The van der Waals surface area contributed by atoms with Gasteiger partial charge < -0.3 is 14.2 Å². The van der Waals surface area contributed by atoms with E-state index >= 15 is 0 Å². The quantitative estimate of drug-likeness (QED) is 0.716. The van der Waals surface area contributed by atoms with Crippen LogP contribution in [-0.2, 0) is 14.2 Å². The maximum absolute atomic E-state index is 12.9. The first kappa shape index (κ1) is 11.2. The van der Waals surface area contributed by atoms with Crippen LogP contribution in [0.1, 0.15) is 27.2 Å². The van der Waals surface area contributed by atoms with Crippen molar-refractivity contribution in [1.29, 1.82) is 0 Å². The lowest BCUT2D eigenvalue weighted by atomic mass is 9.97. The number of alkyl halides is 2. The van der Waals surface area contributed by atoms with E-state index in [1.165, 1.54) is 0 Å². The van der Waals surface area contributed by atoms with Crippen molar-refractivity contribution in [1.82, 2.24) is 0 Å². The van der Waals surface area contributed by atoms with E-state index in [0.717, 1.165) is 0 Å². The van der Waals surface area contributed by atoms with Gasteiger partial charge in [-0.3, -0.25) is 0 Å². The number of halogens is 2. The van der Waals surface area contributed by atoms with Crippen LogP contribution < -0.4 is 0 Å². The van der Waals surface area contributed by atoms with Crippen molar-refractivity contribution in [2.75, 3.05) is 0 Å². The van der Waals surface area contributed by atoms with Gasteiger partial charge in [-0.2, -0.15) is 0 Å². The fourth-order valence-corrected chi connectivity index (χ4v) is 2.27. The normalized spacial score (nSPS) is 43.6. The molecule has 0 N–H and O–H groups in total. The molecule has 0 radical (unpaired) electrons. The van der Waals surface area contributed by atoms with E-state index < -0.39 is 36.6 Å². The highest BCUT2D eigenvalue weighted by molar-refractivity contribution is 4.93. The van der Waals surface area contributed by atoms with Crippen molar-refractivity contribution in [3.63, 3.8) is 0 Å². The van der Waals surface area contributed by atoms with Crippen LogP contribution in [-0.4, -0.2) is 30.7 Å². The second-order valence-corrected chi connectivity index (χ2v) is 4.46. The Kier molecular flexibility index (Phi) is 2.73. The molecule has 2 rings (SSSR count).